The smallest absolute Gasteiger partial charge is 0.225 e. The topological polar surface area (TPSA) is 61.7 Å². The molecule has 0 radical (unpaired) electrons. The van der Waals surface area contributed by atoms with Gasteiger partial charge in [-0.05, 0) is 56.7 Å². The molecule has 1 aromatic rings. The van der Waals surface area contributed by atoms with E-state index in [9.17, 15) is 9.59 Å². The van der Waals surface area contributed by atoms with E-state index in [1.165, 1.54) is 11.3 Å². The zero-order chi connectivity index (χ0) is 19.7. The number of rotatable bonds is 6. The number of carbonyl (C=O) groups excluding carboxylic acids is 2. The number of likely N-dealkylation sites (tertiary alicyclic amines) is 2. The van der Waals surface area contributed by atoms with Crippen molar-refractivity contribution in [2.75, 3.05) is 31.1 Å². The van der Waals surface area contributed by atoms with Crippen molar-refractivity contribution >= 4 is 40.5 Å². The average Bonchev–Trinajstić information content (AvgIpc) is 3.19. The average molecular weight is 424 g/mol. The van der Waals surface area contributed by atoms with Crippen molar-refractivity contribution in [1.82, 2.24) is 19.6 Å². The summed E-state index contributed by atoms with van der Waals surface area (Å²) in [6, 6.07) is 0.301. The third-order valence-electron chi connectivity index (χ3n) is 6.02. The number of anilines is 1. The number of aromatic nitrogens is 2. The number of hydrogen-bond donors (Lipinski definition) is 0. The molecule has 0 unspecified atom stereocenters. The summed E-state index contributed by atoms with van der Waals surface area (Å²) in [5, 5.41) is 5.37. The van der Waals surface area contributed by atoms with Gasteiger partial charge in [0.25, 0.3) is 0 Å². The predicted molar refractivity (Wildman–Crippen MR) is 112 cm³/mol. The fraction of sp³-hybridized carbons (Fsp3) is 0.789. The molecular formula is C19H29N5O2S2. The van der Waals surface area contributed by atoms with Gasteiger partial charge in [0.05, 0.1) is 6.67 Å². The fourth-order valence-corrected chi connectivity index (χ4v) is 5.42. The summed E-state index contributed by atoms with van der Waals surface area (Å²) < 4.78 is 2.57. The summed E-state index contributed by atoms with van der Waals surface area (Å²) in [6.07, 6.45) is 7.20. The number of amides is 2. The number of nitrogens with zero attached hydrogens (tertiary/aromatic N) is 5. The fourth-order valence-electron chi connectivity index (χ4n) is 4.23. The van der Waals surface area contributed by atoms with Crippen molar-refractivity contribution in [3.8, 4) is 0 Å². The monoisotopic (exact) mass is 423 g/mol. The van der Waals surface area contributed by atoms with Gasteiger partial charge in [-0.2, -0.15) is 0 Å². The van der Waals surface area contributed by atoms with Gasteiger partial charge in [0, 0.05) is 45.6 Å². The van der Waals surface area contributed by atoms with Crippen molar-refractivity contribution < 1.29 is 9.59 Å². The van der Waals surface area contributed by atoms with Crippen LogP contribution in [0.5, 0.6) is 0 Å². The Morgan fingerprint density at radius 3 is 2.43 bits per heavy atom. The molecule has 0 atom stereocenters. The van der Waals surface area contributed by atoms with Crippen LogP contribution in [0.15, 0.2) is 0 Å². The zero-order valence-electron chi connectivity index (χ0n) is 16.5. The first-order valence-electron chi connectivity index (χ1n) is 10.4. The minimum Gasteiger partial charge on any atom is -0.343 e. The molecule has 1 aromatic heterocycles. The zero-order valence-corrected chi connectivity index (χ0v) is 18.1. The maximum atomic E-state index is 12.4. The molecule has 1 aliphatic carbocycles. The highest BCUT2D eigenvalue weighted by atomic mass is 32.1. The summed E-state index contributed by atoms with van der Waals surface area (Å²) in [7, 11) is 0. The lowest BCUT2D eigenvalue weighted by molar-refractivity contribution is -0.131. The first kappa shape index (κ1) is 20.0. The van der Waals surface area contributed by atoms with Crippen LogP contribution in [-0.4, -0.2) is 63.6 Å². The first-order valence-corrected chi connectivity index (χ1v) is 11.6. The Balaban J connectivity index is 1.29. The van der Waals surface area contributed by atoms with Crippen molar-refractivity contribution in [3.63, 3.8) is 0 Å². The second-order valence-electron chi connectivity index (χ2n) is 8.27. The molecule has 2 saturated heterocycles. The Labute approximate surface area is 175 Å². The lowest BCUT2D eigenvalue weighted by Gasteiger charge is -2.32. The Morgan fingerprint density at radius 1 is 1.14 bits per heavy atom. The molecule has 3 fully saturated rings. The predicted octanol–water partition coefficient (Wildman–Crippen LogP) is 2.87. The van der Waals surface area contributed by atoms with Crippen LogP contribution in [0, 0.1) is 9.87 Å². The van der Waals surface area contributed by atoms with Crippen LogP contribution in [0.2, 0.25) is 0 Å². The molecule has 2 aliphatic heterocycles. The Kier molecular flexibility index (Phi) is 6.13. The Hall–Kier alpha value is -1.32. The highest BCUT2D eigenvalue weighted by Gasteiger charge is 2.34. The summed E-state index contributed by atoms with van der Waals surface area (Å²) in [4.78, 5) is 30.5. The van der Waals surface area contributed by atoms with E-state index >= 15 is 0 Å². The van der Waals surface area contributed by atoms with Gasteiger partial charge in [0.2, 0.25) is 16.9 Å². The van der Waals surface area contributed by atoms with Crippen LogP contribution in [0.4, 0.5) is 5.13 Å². The van der Waals surface area contributed by atoms with Crippen LogP contribution in [0.3, 0.4) is 0 Å². The molecule has 3 heterocycles. The normalized spacial score (nSPS) is 21.2. The van der Waals surface area contributed by atoms with E-state index in [0.717, 1.165) is 69.8 Å². The molecule has 154 valence electrons. The molecular weight excluding hydrogens is 394 g/mol. The quantitative estimate of drug-likeness (QED) is 0.659. The van der Waals surface area contributed by atoms with E-state index in [2.05, 4.69) is 10.00 Å². The second kappa shape index (κ2) is 8.59. The molecule has 0 N–H and O–H groups in total. The van der Waals surface area contributed by atoms with E-state index in [1.54, 1.807) is 11.8 Å². The highest BCUT2D eigenvalue weighted by molar-refractivity contribution is 7.73. The van der Waals surface area contributed by atoms with Crippen molar-refractivity contribution in [3.05, 3.63) is 3.95 Å². The van der Waals surface area contributed by atoms with E-state index in [4.69, 9.17) is 12.2 Å². The first-order chi connectivity index (χ1) is 13.5. The standard InChI is InChI=1S/C19H29N5O2S2/c1-14(25)24(16-4-5-16)18-20-23(19(27)28-18)13-21-10-6-15(7-11-21)12-17(26)22-8-2-3-9-22/h15-16H,2-13H2,1H3. The van der Waals surface area contributed by atoms with Crippen LogP contribution in [0.1, 0.15) is 51.9 Å². The summed E-state index contributed by atoms with van der Waals surface area (Å²) in [6.45, 7) is 6.08. The van der Waals surface area contributed by atoms with Crippen molar-refractivity contribution in [2.45, 2.75) is 64.6 Å². The molecule has 3 aliphatic rings. The van der Waals surface area contributed by atoms with E-state index in [0.29, 0.717) is 34.9 Å². The molecule has 0 spiro atoms. The number of carbonyl (C=O) groups is 2. The third-order valence-corrected chi connectivity index (χ3v) is 7.32. The molecule has 2 amide bonds. The number of piperidine rings is 1. The molecule has 28 heavy (non-hydrogen) atoms. The number of hydrogen-bond acceptors (Lipinski definition) is 6. The molecule has 7 nitrogen and oxygen atoms in total. The summed E-state index contributed by atoms with van der Waals surface area (Å²) in [5.74, 6) is 0.875. The van der Waals surface area contributed by atoms with Gasteiger partial charge in [-0.15, -0.1) is 5.10 Å². The second-order valence-corrected chi connectivity index (χ2v) is 9.87. The Morgan fingerprint density at radius 2 is 1.82 bits per heavy atom. The van der Waals surface area contributed by atoms with Crippen molar-refractivity contribution in [1.29, 1.82) is 0 Å². The molecule has 1 saturated carbocycles. The van der Waals surface area contributed by atoms with Gasteiger partial charge in [0.15, 0.2) is 3.95 Å². The molecule has 9 heteroatoms. The van der Waals surface area contributed by atoms with Gasteiger partial charge in [-0.3, -0.25) is 19.4 Å². The lowest BCUT2D eigenvalue weighted by Crippen LogP contribution is -2.38. The van der Waals surface area contributed by atoms with Crippen LogP contribution >= 0.6 is 23.6 Å². The van der Waals surface area contributed by atoms with Gasteiger partial charge in [-0.1, -0.05) is 11.3 Å². The van der Waals surface area contributed by atoms with Crippen LogP contribution in [0.25, 0.3) is 0 Å². The summed E-state index contributed by atoms with van der Waals surface area (Å²) in [5.41, 5.74) is 0. The summed E-state index contributed by atoms with van der Waals surface area (Å²) >= 11 is 6.93. The van der Waals surface area contributed by atoms with E-state index in [-0.39, 0.29) is 5.91 Å². The highest BCUT2D eigenvalue weighted by Crippen LogP contribution is 2.33. The third kappa shape index (κ3) is 4.63. The SMILES string of the molecule is CC(=O)N(c1nn(CN2CCC(CC(=O)N3CCCC3)CC2)c(=S)s1)C1CC1. The van der Waals surface area contributed by atoms with E-state index < -0.39 is 0 Å². The molecule has 4 rings (SSSR count). The molecule has 0 aromatic carbocycles. The van der Waals surface area contributed by atoms with Gasteiger partial charge in [0.1, 0.15) is 0 Å². The van der Waals surface area contributed by atoms with Crippen LogP contribution in [-0.2, 0) is 16.3 Å². The lowest BCUT2D eigenvalue weighted by atomic mass is 9.93. The largest absolute Gasteiger partial charge is 0.343 e. The van der Waals surface area contributed by atoms with Crippen LogP contribution < -0.4 is 4.90 Å². The maximum absolute atomic E-state index is 12.4. The van der Waals surface area contributed by atoms with Crippen molar-refractivity contribution in [2.24, 2.45) is 5.92 Å². The Bertz CT molecular complexity index is 774. The van der Waals surface area contributed by atoms with Gasteiger partial charge >= 0.3 is 0 Å². The minimum absolute atomic E-state index is 0.0434. The molecule has 0 bridgehead atoms. The minimum atomic E-state index is 0.0434. The van der Waals surface area contributed by atoms with E-state index in [1.807, 2.05) is 9.58 Å². The van der Waals surface area contributed by atoms with Gasteiger partial charge < -0.3 is 4.90 Å². The van der Waals surface area contributed by atoms with Gasteiger partial charge in [-0.25, -0.2) is 4.68 Å². The maximum Gasteiger partial charge on any atom is 0.225 e.